The van der Waals surface area contributed by atoms with Crippen LogP contribution in [0.1, 0.15) is 15.9 Å². The van der Waals surface area contributed by atoms with Crippen molar-refractivity contribution in [1.29, 1.82) is 0 Å². The molecule has 1 N–H and O–H groups in total. The van der Waals surface area contributed by atoms with Gasteiger partial charge in [-0.05, 0) is 48.4 Å². The lowest BCUT2D eigenvalue weighted by molar-refractivity contribution is -0.124. The Hall–Kier alpha value is -3.65. The molecule has 0 heterocycles. The van der Waals surface area contributed by atoms with Crippen molar-refractivity contribution < 1.29 is 22.7 Å². The predicted octanol–water partition coefficient (Wildman–Crippen LogP) is 3.03. The predicted molar refractivity (Wildman–Crippen MR) is 122 cm³/mol. The van der Waals surface area contributed by atoms with E-state index in [1.807, 2.05) is 30.3 Å². The number of benzene rings is 3. The summed E-state index contributed by atoms with van der Waals surface area (Å²) in [5.74, 6) is -1.11. The Balaban J connectivity index is 1.51. The first-order valence-corrected chi connectivity index (χ1v) is 11.4. The molecule has 0 atom stereocenters. The van der Waals surface area contributed by atoms with Crippen LogP contribution in [0.25, 0.3) is 0 Å². The molecule has 0 unspecified atom stereocenters. The molecule has 0 fully saturated rings. The summed E-state index contributed by atoms with van der Waals surface area (Å²) in [7, 11) is -2.31. The van der Waals surface area contributed by atoms with E-state index in [0.717, 1.165) is 5.56 Å². The summed E-state index contributed by atoms with van der Waals surface area (Å²) in [6.07, 6.45) is 0.674. The smallest absolute Gasteiger partial charge is 0.338 e. The zero-order valence-electron chi connectivity index (χ0n) is 17.6. The maximum absolute atomic E-state index is 12.8. The Bertz CT molecular complexity index is 1150. The van der Waals surface area contributed by atoms with E-state index in [1.54, 1.807) is 30.3 Å². The molecule has 166 valence electrons. The van der Waals surface area contributed by atoms with E-state index in [2.05, 4.69) is 5.32 Å². The zero-order chi connectivity index (χ0) is 23.0. The molecule has 0 aliphatic carbocycles. The van der Waals surface area contributed by atoms with Crippen LogP contribution in [0.3, 0.4) is 0 Å². The van der Waals surface area contributed by atoms with E-state index >= 15 is 0 Å². The van der Waals surface area contributed by atoms with Crippen molar-refractivity contribution in [2.75, 3.05) is 24.5 Å². The lowest BCUT2D eigenvalue weighted by Gasteiger charge is -2.19. The highest BCUT2D eigenvalue weighted by molar-refractivity contribution is 7.92. The lowest BCUT2D eigenvalue weighted by atomic mass is 10.1. The van der Waals surface area contributed by atoms with Crippen molar-refractivity contribution in [2.45, 2.75) is 11.3 Å². The molecule has 0 saturated heterocycles. The van der Waals surface area contributed by atoms with Gasteiger partial charge < -0.3 is 10.1 Å². The third-order valence-electron chi connectivity index (χ3n) is 4.78. The van der Waals surface area contributed by atoms with Gasteiger partial charge in [0.1, 0.15) is 0 Å². The van der Waals surface area contributed by atoms with Crippen LogP contribution in [0.15, 0.2) is 89.8 Å². The van der Waals surface area contributed by atoms with Gasteiger partial charge in [-0.25, -0.2) is 13.2 Å². The van der Waals surface area contributed by atoms with Crippen LogP contribution in [0.4, 0.5) is 5.69 Å². The van der Waals surface area contributed by atoms with E-state index in [9.17, 15) is 18.0 Å². The van der Waals surface area contributed by atoms with Crippen molar-refractivity contribution in [2.24, 2.45) is 0 Å². The molecule has 8 heteroatoms. The number of carbonyl (C=O) groups is 2. The second-order valence-corrected chi connectivity index (χ2v) is 8.96. The standard InChI is InChI=1S/C24H24N2O5S/c1-26(21-10-6-3-7-11-21)32(29,30)22-14-12-20(13-15-22)24(28)31-18-23(27)25-17-16-19-8-4-2-5-9-19/h2-15H,16-18H2,1H3,(H,25,27). The molecule has 0 aliphatic rings. The molecule has 0 aromatic heterocycles. The minimum absolute atomic E-state index is 0.0408. The number of para-hydroxylation sites is 1. The summed E-state index contributed by atoms with van der Waals surface area (Å²) < 4.78 is 31.8. The molecule has 0 bridgehead atoms. The average molecular weight is 453 g/mol. The minimum Gasteiger partial charge on any atom is -0.452 e. The minimum atomic E-state index is -3.78. The largest absolute Gasteiger partial charge is 0.452 e. The summed E-state index contributed by atoms with van der Waals surface area (Å²) in [6, 6.07) is 23.8. The molecule has 0 spiro atoms. The molecule has 32 heavy (non-hydrogen) atoms. The van der Waals surface area contributed by atoms with Gasteiger partial charge in [0.15, 0.2) is 6.61 Å². The molecule has 3 rings (SSSR count). The van der Waals surface area contributed by atoms with Gasteiger partial charge in [0.2, 0.25) is 0 Å². The highest BCUT2D eigenvalue weighted by atomic mass is 32.2. The fourth-order valence-corrected chi connectivity index (χ4v) is 4.15. The van der Waals surface area contributed by atoms with E-state index in [4.69, 9.17) is 4.74 Å². The van der Waals surface area contributed by atoms with Gasteiger partial charge in [-0.3, -0.25) is 9.10 Å². The monoisotopic (exact) mass is 452 g/mol. The Kier molecular flexibility index (Phi) is 7.62. The number of ether oxygens (including phenoxy) is 1. The third-order valence-corrected chi connectivity index (χ3v) is 6.58. The van der Waals surface area contributed by atoms with Gasteiger partial charge in [0.05, 0.1) is 16.1 Å². The molecule has 0 radical (unpaired) electrons. The van der Waals surface area contributed by atoms with E-state index in [-0.39, 0.29) is 10.5 Å². The van der Waals surface area contributed by atoms with Gasteiger partial charge in [0.25, 0.3) is 15.9 Å². The Morgan fingerprint density at radius 3 is 2.09 bits per heavy atom. The van der Waals surface area contributed by atoms with Crippen LogP contribution in [0, 0.1) is 0 Å². The first kappa shape index (κ1) is 23.0. The number of carbonyl (C=O) groups excluding carboxylic acids is 2. The zero-order valence-corrected chi connectivity index (χ0v) is 18.4. The van der Waals surface area contributed by atoms with Gasteiger partial charge in [0, 0.05) is 13.6 Å². The van der Waals surface area contributed by atoms with Crippen LogP contribution in [-0.4, -0.2) is 40.5 Å². The van der Waals surface area contributed by atoms with Crippen LogP contribution in [0.5, 0.6) is 0 Å². The fraction of sp³-hybridized carbons (Fsp3) is 0.167. The third kappa shape index (κ3) is 5.95. The molecule has 3 aromatic carbocycles. The first-order chi connectivity index (χ1) is 15.4. The number of sulfonamides is 1. The lowest BCUT2D eigenvalue weighted by Crippen LogP contribution is -2.30. The maximum Gasteiger partial charge on any atom is 0.338 e. The highest BCUT2D eigenvalue weighted by Gasteiger charge is 2.21. The SMILES string of the molecule is CN(c1ccccc1)S(=O)(=O)c1ccc(C(=O)OCC(=O)NCCc2ccccc2)cc1. The number of amides is 1. The van der Waals surface area contributed by atoms with Crippen molar-refractivity contribution in [3.05, 3.63) is 96.1 Å². The number of rotatable bonds is 9. The van der Waals surface area contributed by atoms with E-state index in [0.29, 0.717) is 18.7 Å². The van der Waals surface area contributed by atoms with Crippen LogP contribution in [-0.2, 0) is 26.0 Å². The second-order valence-electron chi connectivity index (χ2n) is 6.99. The van der Waals surface area contributed by atoms with Crippen molar-refractivity contribution in [1.82, 2.24) is 5.32 Å². The average Bonchev–Trinajstić information content (AvgIpc) is 2.83. The number of hydrogen-bond donors (Lipinski definition) is 1. The topological polar surface area (TPSA) is 92.8 Å². The molecule has 3 aromatic rings. The summed E-state index contributed by atoms with van der Waals surface area (Å²) in [5, 5.41) is 2.69. The van der Waals surface area contributed by atoms with E-state index < -0.39 is 28.5 Å². The van der Waals surface area contributed by atoms with Gasteiger partial charge >= 0.3 is 5.97 Å². The number of esters is 1. The van der Waals surface area contributed by atoms with Crippen molar-refractivity contribution >= 4 is 27.6 Å². The van der Waals surface area contributed by atoms with Gasteiger partial charge in [-0.2, -0.15) is 0 Å². The molecule has 0 saturated carbocycles. The van der Waals surface area contributed by atoms with Gasteiger partial charge in [-0.1, -0.05) is 48.5 Å². The normalized spacial score (nSPS) is 10.9. The van der Waals surface area contributed by atoms with Crippen molar-refractivity contribution in [3.63, 3.8) is 0 Å². The Morgan fingerprint density at radius 1 is 0.875 bits per heavy atom. The Labute approximate surface area is 187 Å². The summed E-state index contributed by atoms with van der Waals surface area (Å²) >= 11 is 0. The number of nitrogens with one attached hydrogen (secondary N) is 1. The maximum atomic E-state index is 12.8. The number of nitrogens with zero attached hydrogens (tertiary/aromatic N) is 1. The summed E-state index contributed by atoms with van der Waals surface area (Å²) in [4.78, 5) is 24.1. The van der Waals surface area contributed by atoms with Crippen LogP contribution < -0.4 is 9.62 Å². The molecular weight excluding hydrogens is 428 g/mol. The second kappa shape index (κ2) is 10.6. The number of hydrogen-bond acceptors (Lipinski definition) is 5. The van der Waals surface area contributed by atoms with E-state index in [1.165, 1.54) is 35.6 Å². The quantitative estimate of drug-likeness (QED) is 0.504. The fourth-order valence-electron chi connectivity index (χ4n) is 2.95. The van der Waals surface area contributed by atoms with Gasteiger partial charge in [-0.15, -0.1) is 0 Å². The van der Waals surface area contributed by atoms with Crippen LogP contribution in [0.2, 0.25) is 0 Å². The first-order valence-electron chi connectivity index (χ1n) is 10.00. The summed E-state index contributed by atoms with van der Waals surface area (Å²) in [6.45, 7) is 0.0201. The van der Waals surface area contributed by atoms with Crippen molar-refractivity contribution in [3.8, 4) is 0 Å². The Morgan fingerprint density at radius 2 is 1.47 bits per heavy atom. The molecule has 7 nitrogen and oxygen atoms in total. The summed E-state index contributed by atoms with van der Waals surface area (Å²) in [5.41, 5.74) is 1.77. The molecular formula is C24H24N2O5S. The molecule has 0 aliphatic heterocycles. The highest BCUT2D eigenvalue weighted by Crippen LogP contribution is 2.22. The number of anilines is 1. The van der Waals surface area contributed by atoms with Crippen LogP contribution >= 0.6 is 0 Å². The molecule has 1 amide bonds.